The zero-order chi connectivity index (χ0) is 21.4. The fourth-order valence-corrected chi connectivity index (χ4v) is 4.63. The van der Waals surface area contributed by atoms with Gasteiger partial charge in [0.15, 0.2) is 0 Å². The van der Waals surface area contributed by atoms with E-state index < -0.39 is 0 Å². The predicted molar refractivity (Wildman–Crippen MR) is 121 cm³/mol. The number of hydrogen-bond acceptors (Lipinski definition) is 5. The first-order valence-electron chi connectivity index (χ1n) is 9.73. The van der Waals surface area contributed by atoms with Gasteiger partial charge in [0.05, 0.1) is 40.9 Å². The maximum atomic E-state index is 13.5. The van der Waals surface area contributed by atoms with Gasteiger partial charge in [0.2, 0.25) is 0 Å². The summed E-state index contributed by atoms with van der Waals surface area (Å²) in [6.45, 7) is 2.00. The lowest BCUT2D eigenvalue weighted by molar-refractivity contribution is 0.689. The van der Waals surface area contributed by atoms with Gasteiger partial charge < -0.3 is 0 Å². The molecule has 0 aliphatic heterocycles. The second-order valence-electron chi connectivity index (χ2n) is 7.14. The first kappa shape index (κ1) is 19.0. The Hall–Kier alpha value is -4.02. The van der Waals surface area contributed by atoms with E-state index in [2.05, 4.69) is 16.2 Å². The molecule has 0 bridgehead atoms. The van der Waals surface area contributed by atoms with Gasteiger partial charge in [-0.1, -0.05) is 48.5 Å². The molecular weight excluding hydrogens is 406 g/mol. The van der Waals surface area contributed by atoms with E-state index in [1.165, 1.54) is 11.3 Å². The molecule has 3 heterocycles. The Morgan fingerprint density at radius 2 is 1.77 bits per heavy atom. The molecule has 0 radical (unpaired) electrons. The molecule has 0 saturated heterocycles. The van der Waals surface area contributed by atoms with Gasteiger partial charge in [-0.3, -0.25) is 9.36 Å². The summed E-state index contributed by atoms with van der Waals surface area (Å²) < 4.78 is 3.29. The van der Waals surface area contributed by atoms with Crippen molar-refractivity contribution in [2.24, 2.45) is 0 Å². The van der Waals surface area contributed by atoms with Crippen LogP contribution in [0.25, 0.3) is 27.0 Å². The van der Waals surface area contributed by atoms with Gasteiger partial charge in [0.1, 0.15) is 10.9 Å². The van der Waals surface area contributed by atoms with Gasteiger partial charge in [-0.2, -0.15) is 10.4 Å². The van der Waals surface area contributed by atoms with E-state index >= 15 is 0 Å². The summed E-state index contributed by atoms with van der Waals surface area (Å²) in [5.74, 6) is 0. The molecule has 0 aliphatic carbocycles. The highest BCUT2D eigenvalue weighted by molar-refractivity contribution is 7.17. The lowest BCUT2D eigenvalue weighted by Gasteiger charge is -2.10. The number of hydrogen-bond donors (Lipinski definition) is 0. The topological polar surface area (TPSA) is 76.5 Å². The Kier molecular flexibility index (Phi) is 4.69. The van der Waals surface area contributed by atoms with Crippen molar-refractivity contribution in [1.29, 1.82) is 5.26 Å². The number of nitriles is 1. The highest BCUT2D eigenvalue weighted by Gasteiger charge is 2.19. The Morgan fingerprint density at radius 1 is 1.06 bits per heavy atom. The van der Waals surface area contributed by atoms with E-state index in [4.69, 9.17) is 0 Å². The van der Waals surface area contributed by atoms with Crippen LogP contribution in [0.15, 0.2) is 77.2 Å². The van der Waals surface area contributed by atoms with Crippen molar-refractivity contribution in [2.45, 2.75) is 13.5 Å². The van der Waals surface area contributed by atoms with Gasteiger partial charge in [0, 0.05) is 10.9 Å². The van der Waals surface area contributed by atoms with Crippen molar-refractivity contribution < 1.29 is 0 Å². The van der Waals surface area contributed by atoms with Gasteiger partial charge in [-0.05, 0) is 24.6 Å². The third-order valence-corrected chi connectivity index (χ3v) is 6.12. The molecule has 0 N–H and O–H groups in total. The summed E-state index contributed by atoms with van der Waals surface area (Å²) in [4.78, 5) is 18.7. The molecular formula is C24H17N5OS. The highest BCUT2D eigenvalue weighted by Crippen LogP contribution is 2.30. The van der Waals surface area contributed by atoms with E-state index in [-0.39, 0.29) is 12.1 Å². The number of aryl methyl sites for hydroxylation is 1. The first-order chi connectivity index (χ1) is 15.2. The lowest BCUT2D eigenvalue weighted by Crippen LogP contribution is -2.22. The second-order valence-corrected chi connectivity index (χ2v) is 8.00. The van der Waals surface area contributed by atoms with Crippen LogP contribution < -0.4 is 5.56 Å². The minimum absolute atomic E-state index is 0.132. The Bertz CT molecular complexity index is 1490. The molecule has 0 aliphatic rings. The summed E-state index contributed by atoms with van der Waals surface area (Å²) in [5, 5.41) is 16.9. The quantitative estimate of drug-likeness (QED) is 0.425. The summed E-state index contributed by atoms with van der Waals surface area (Å²) in [5.41, 5.74) is 4.32. The van der Waals surface area contributed by atoms with Gasteiger partial charge >= 0.3 is 0 Å². The monoisotopic (exact) mass is 423 g/mol. The van der Waals surface area contributed by atoms with Gasteiger partial charge in [0.25, 0.3) is 5.56 Å². The van der Waals surface area contributed by atoms with E-state index in [1.54, 1.807) is 22.5 Å². The second kappa shape index (κ2) is 7.67. The SMILES string of the molecule is Cc1nn(-c2ccccc2)c(Cn2cnc3scc(-c4ccccc4)c3c2=O)c1C#N. The lowest BCUT2D eigenvalue weighted by atomic mass is 10.1. The molecule has 3 aromatic heterocycles. The fourth-order valence-electron chi connectivity index (χ4n) is 3.72. The number of aromatic nitrogens is 4. The molecule has 6 nitrogen and oxygen atoms in total. The first-order valence-corrected chi connectivity index (χ1v) is 10.6. The number of fused-ring (bicyclic) bond motifs is 1. The van der Waals surface area contributed by atoms with Crippen molar-refractivity contribution in [2.75, 3.05) is 0 Å². The maximum Gasteiger partial charge on any atom is 0.263 e. The molecule has 0 spiro atoms. The maximum absolute atomic E-state index is 13.5. The molecule has 7 heteroatoms. The fraction of sp³-hybridized carbons (Fsp3) is 0.0833. The Balaban J connectivity index is 1.67. The number of benzene rings is 2. The average Bonchev–Trinajstić information content (AvgIpc) is 3.38. The normalized spacial score (nSPS) is 11.0. The minimum Gasteiger partial charge on any atom is -0.293 e. The number of rotatable bonds is 4. The van der Waals surface area contributed by atoms with Crippen LogP contribution in [0.4, 0.5) is 0 Å². The van der Waals surface area contributed by atoms with E-state index in [1.807, 2.05) is 66.0 Å². The van der Waals surface area contributed by atoms with Crippen molar-refractivity contribution in [3.63, 3.8) is 0 Å². The third-order valence-electron chi connectivity index (χ3n) is 5.23. The van der Waals surface area contributed by atoms with Crippen LogP contribution in [0.5, 0.6) is 0 Å². The van der Waals surface area contributed by atoms with Crippen LogP contribution in [0, 0.1) is 18.3 Å². The highest BCUT2D eigenvalue weighted by atomic mass is 32.1. The number of para-hydroxylation sites is 1. The summed E-state index contributed by atoms with van der Waals surface area (Å²) in [6.07, 6.45) is 1.55. The molecule has 5 rings (SSSR count). The Morgan fingerprint density at radius 3 is 2.48 bits per heavy atom. The van der Waals surface area contributed by atoms with Gasteiger partial charge in [-0.25, -0.2) is 9.67 Å². The molecule has 31 heavy (non-hydrogen) atoms. The van der Waals surface area contributed by atoms with Gasteiger partial charge in [-0.15, -0.1) is 11.3 Å². The zero-order valence-electron chi connectivity index (χ0n) is 16.7. The molecule has 150 valence electrons. The zero-order valence-corrected chi connectivity index (χ0v) is 17.5. The Labute approximate surface area is 182 Å². The van der Waals surface area contributed by atoms with Crippen molar-refractivity contribution in [3.8, 4) is 22.9 Å². The molecule has 0 amide bonds. The van der Waals surface area contributed by atoms with E-state index in [9.17, 15) is 10.1 Å². The van der Waals surface area contributed by atoms with Crippen LogP contribution in [0.2, 0.25) is 0 Å². The standard InChI is InChI=1S/C24H17N5OS/c1-16-19(12-25)21(29(27-16)18-10-6-3-7-11-18)13-28-15-26-23-22(24(28)30)20(14-31-23)17-8-4-2-5-9-17/h2-11,14-15H,13H2,1H3. The van der Waals surface area contributed by atoms with E-state index in [0.717, 1.165) is 16.8 Å². The summed E-state index contributed by atoms with van der Waals surface area (Å²) in [6, 6.07) is 21.7. The smallest absolute Gasteiger partial charge is 0.263 e. The minimum atomic E-state index is -0.132. The largest absolute Gasteiger partial charge is 0.293 e. The predicted octanol–water partition coefficient (Wildman–Crippen LogP) is 4.54. The number of nitrogens with zero attached hydrogens (tertiary/aromatic N) is 5. The average molecular weight is 424 g/mol. The molecule has 0 atom stereocenters. The summed E-state index contributed by atoms with van der Waals surface area (Å²) >= 11 is 1.46. The third kappa shape index (κ3) is 3.23. The van der Waals surface area contributed by atoms with Crippen molar-refractivity contribution >= 4 is 21.6 Å². The van der Waals surface area contributed by atoms with Crippen LogP contribution in [-0.4, -0.2) is 19.3 Å². The van der Waals surface area contributed by atoms with E-state index in [0.29, 0.717) is 27.2 Å². The van der Waals surface area contributed by atoms with Crippen LogP contribution in [0.3, 0.4) is 0 Å². The van der Waals surface area contributed by atoms with Crippen LogP contribution >= 0.6 is 11.3 Å². The van der Waals surface area contributed by atoms with Crippen molar-refractivity contribution in [1.82, 2.24) is 19.3 Å². The summed E-state index contributed by atoms with van der Waals surface area (Å²) in [7, 11) is 0. The number of thiophene rings is 1. The van der Waals surface area contributed by atoms with Crippen LogP contribution in [-0.2, 0) is 6.54 Å². The van der Waals surface area contributed by atoms with Crippen molar-refractivity contribution in [3.05, 3.63) is 99.7 Å². The molecule has 2 aromatic carbocycles. The van der Waals surface area contributed by atoms with Crippen LogP contribution in [0.1, 0.15) is 17.0 Å². The molecule has 5 aromatic rings. The molecule has 0 fully saturated rings. The molecule has 0 saturated carbocycles. The molecule has 0 unspecified atom stereocenters.